The molecule has 0 radical (unpaired) electrons. The quantitative estimate of drug-likeness (QED) is 0.448. The third kappa shape index (κ3) is 6.37. The molecule has 0 saturated heterocycles. The minimum atomic E-state index is 0.542. The third-order valence-corrected chi connectivity index (χ3v) is 9.40. The van der Waals surface area contributed by atoms with Gasteiger partial charge in [-0.1, -0.05) is 84.3 Å². The van der Waals surface area contributed by atoms with Crippen LogP contribution in [0, 0.1) is 40.9 Å². The summed E-state index contributed by atoms with van der Waals surface area (Å²) in [5.74, 6) is 5.14. The van der Waals surface area contributed by atoms with Gasteiger partial charge in [-0.2, -0.15) is 0 Å². The average molecular weight is 429 g/mol. The maximum absolute atomic E-state index is 7.00. The molecule has 0 amide bonds. The summed E-state index contributed by atoms with van der Waals surface area (Å²) in [4.78, 5) is 0. The largest absolute Gasteiger partial charge is 0.400 e. The Morgan fingerprint density at radius 3 is 2.42 bits per heavy atom. The van der Waals surface area contributed by atoms with Gasteiger partial charge in [0, 0.05) is 7.11 Å². The van der Waals surface area contributed by atoms with E-state index >= 15 is 0 Å². The zero-order valence-corrected chi connectivity index (χ0v) is 21.8. The zero-order valence-electron chi connectivity index (χ0n) is 21.8. The second-order valence-electron chi connectivity index (χ2n) is 11.8. The fourth-order valence-corrected chi connectivity index (χ4v) is 6.87. The minimum absolute atomic E-state index is 0.542. The molecule has 3 fully saturated rings. The summed E-state index contributed by atoms with van der Waals surface area (Å²) in [7, 11) is 1.00. The Morgan fingerprint density at radius 1 is 1.03 bits per heavy atom. The van der Waals surface area contributed by atoms with E-state index in [0.29, 0.717) is 5.41 Å². The van der Waals surface area contributed by atoms with Crippen LogP contribution in [0.5, 0.6) is 0 Å². The van der Waals surface area contributed by atoms with Crippen LogP contribution in [0.25, 0.3) is 0 Å². The molecule has 0 aromatic heterocycles. The summed E-state index contributed by atoms with van der Waals surface area (Å²) in [5, 5.41) is 7.00. The summed E-state index contributed by atoms with van der Waals surface area (Å²) >= 11 is 0. The molecule has 0 spiro atoms. The lowest BCUT2D eigenvalue weighted by Crippen LogP contribution is -2.36. The van der Waals surface area contributed by atoms with Crippen LogP contribution >= 0.6 is 0 Å². The Kier molecular flexibility index (Phi) is 10.1. The SMILES string of the molecule is C=C1CCC(C)C/C1=C/C=C1\CCCC2(C)C1CCC2C(C)CCC(C)C(C)C.CO. The monoisotopic (exact) mass is 428 g/mol. The first-order chi connectivity index (χ1) is 14.7. The summed E-state index contributed by atoms with van der Waals surface area (Å²) in [6, 6.07) is 0. The van der Waals surface area contributed by atoms with Gasteiger partial charge in [0.2, 0.25) is 0 Å². The first-order valence-electron chi connectivity index (χ1n) is 13.2. The van der Waals surface area contributed by atoms with Gasteiger partial charge in [0.1, 0.15) is 0 Å². The molecule has 3 aliphatic carbocycles. The molecule has 6 unspecified atom stereocenters. The van der Waals surface area contributed by atoms with Gasteiger partial charge in [-0.15, -0.1) is 0 Å². The third-order valence-electron chi connectivity index (χ3n) is 9.40. The molecular weight excluding hydrogens is 376 g/mol. The van der Waals surface area contributed by atoms with E-state index in [4.69, 9.17) is 5.11 Å². The van der Waals surface area contributed by atoms with Crippen molar-refractivity contribution in [1.82, 2.24) is 0 Å². The van der Waals surface area contributed by atoms with E-state index in [1.54, 1.807) is 5.57 Å². The van der Waals surface area contributed by atoms with Crippen molar-refractivity contribution in [2.75, 3.05) is 7.11 Å². The lowest BCUT2D eigenvalue weighted by atomic mass is 9.60. The lowest BCUT2D eigenvalue weighted by molar-refractivity contribution is 0.0907. The first-order valence-corrected chi connectivity index (χ1v) is 13.2. The molecule has 0 aliphatic heterocycles. The molecule has 1 nitrogen and oxygen atoms in total. The summed E-state index contributed by atoms with van der Waals surface area (Å²) < 4.78 is 0. The number of fused-ring (bicyclic) bond motifs is 1. The summed E-state index contributed by atoms with van der Waals surface area (Å²) in [5.41, 5.74) is 5.24. The van der Waals surface area contributed by atoms with Gasteiger partial charge in [0.15, 0.2) is 0 Å². The highest BCUT2D eigenvalue weighted by atomic mass is 16.2. The Labute approximate surface area is 194 Å². The van der Waals surface area contributed by atoms with Crippen molar-refractivity contribution < 1.29 is 5.11 Å². The van der Waals surface area contributed by atoms with Gasteiger partial charge >= 0.3 is 0 Å². The fourth-order valence-electron chi connectivity index (χ4n) is 6.87. The Hall–Kier alpha value is -0.820. The molecule has 1 N–H and O–H groups in total. The number of aliphatic hydroxyl groups is 1. The normalized spacial score (nSPS) is 35.6. The molecule has 3 saturated carbocycles. The molecule has 178 valence electrons. The van der Waals surface area contributed by atoms with E-state index in [2.05, 4.69) is 60.3 Å². The standard InChI is InChI=1S/C29H48.CH4O/c1-20(2)22(4)12-13-24(6)27-16-17-28-25(9-8-18-29(27,28)7)14-15-26-19-21(3)10-11-23(26)5;1-2/h14-15,20-22,24,27-28H,5,8-13,16-19H2,1-4,6-7H3;2H,1H3/b25-14+,26-15-;. The van der Waals surface area contributed by atoms with Crippen LogP contribution in [0.15, 0.2) is 35.5 Å². The van der Waals surface area contributed by atoms with Crippen molar-refractivity contribution in [3.63, 3.8) is 0 Å². The summed E-state index contributed by atoms with van der Waals surface area (Å²) in [6.45, 7) is 19.2. The maximum Gasteiger partial charge on any atom is 0.0319 e. The van der Waals surface area contributed by atoms with Crippen molar-refractivity contribution in [3.8, 4) is 0 Å². The van der Waals surface area contributed by atoms with Gasteiger partial charge < -0.3 is 5.11 Å². The van der Waals surface area contributed by atoms with Crippen molar-refractivity contribution in [2.45, 2.75) is 106 Å². The Bertz CT molecular complexity index is 639. The zero-order chi connectivity index (χ0) is 23.2. The number of allylic oxidation sites excluding steroid dienone is 5. The highest BCUT2D eigenvalue weighted by molar-refractivity contribution is 5.36. The highest BCUT2D eigenvalue weighted by Gasteiger charge is 2.50. The smallest absolute Gasteiger partial charge is 0.0319 e. The van der Waals surface area contributed by atoms with Crippen LogP contribution in [-0.4, -0.2) is 12.2 Å². The molecule has 0 aromatic carbocycles. The van der Waals surface area contributed by atoms with E-state index in [1.165, 1.54) is 75.4 Å². The number of hydrogen-bond acceptors (Lipinski definition) is 1. The van der Waals surface area contributed by atoms with Crippen LogP contribution in [0.3, 0.4) is 0 Å². The van der Waals surface area contributed by atoms with E-state index in [9.17, 15) is 0 Å². The van der Waals surface area contributed by atoms with Crippen molar-refractivity contribution >= 4 is 0 Å². The second-order valence-corrected chi connectivity index (χ2v) is 11.8. The molecule has 3 aliphatic rings. The van der Waals surface area contributed by atoms with Crippen LogP contribution in [0.4, 0.5) is 0 Å². The Morgan fingerprint density at radius 2 is 1.74 bits per heavy atom. The first kappa shape index (κ1) is 26.4. The minimum Gasteiger partial charge on any atom is -0.400 e. The second kappa shape index (κ2) is 11.9. The molecule has 0 heterocycles. The van der Waals surface area contributed by atoms with Crippen molar-refractivity contribution in [3.05, 3.63) is 35.5 Å². The fraction of sp³-hybridized carbons (Fsp3) is 0.800. The molecule has 31 heavy (non-hydrogen) atoms. The molecular formula is C30H52O. The maximum atomic E-state index is 7.00. The van der Waals surface area contributed by atoms with E-state index in [0.717, 1.165) is 42.6 Å². The predicted molar refractivity (Wildman–Crippen MR) is 137 cm³/mol. The number of rotatable bonds is 6. The topological polar surface area (TPSA) is 20.2 Å². The van der Waals surface area contributed by atoms with E-state index < -0.39 is 0 Å². The van der Waals surface area contributed by atoms with Gasteiger partial charge in [-0.25, -0.2) is 0 Å². The highest BCUT2D eigenvalue weighted by Crippen LogP contribution is 2.60. The summed E-state index contributed by atoms with van der Waals surface area (Å²) in [6.07, 6.45) is 18.7. The van der Waals surface area contributed by atoms with Gasteiger partial charge in [-0.3, -0.25) is 0 Å². The Balaban J connectivity index is 0.00000166. The van der Waals surface area contributed by atoms with Crippen LogP contribution in [0.2, 0.25) is 0 Å². The molecule has 1 heteroatoms. The van der Waals surface area contributed by atoms with Gasteiger partial charge in [-0.05, 0) is 97.9 Å². The van der Waals surface area contributed by atoms with Crippen molar-refractivity contribution in [1.29, 1.82) is 0 Å². The van der Waals surface area contributed by atoms with E-state index in [-0.39, 0.29) is 0 Å². The molecule has 0 aromatic rings. The molecule has 0 bridgehead atoms. The number of hydrogen-bond donors (Lipinski definition) is 1. The van der Waals surface area contributed by atoms with Crippen LogP contribution in [0.1, 0.15) is 106 Å². The van der Waals surface area contributed by atoms with Crippen LogP contribution < -0.4 is 0 Å². The van der Waals surface area contributed by atoms with E-state index in [1.807, 2.05) is 0 Å². The predicted octanol–water partition coefficient (Wildman–Crippen LogP) is 8.75. The average Bonchev–Trinajstić information content (AvgIpc) is 3.11. The van der Waals surface area contributed by atoms with Gasteiger partial charge in [0.05, 0.1) is 0 Å². The molecule has 3 rings (SSSR count). The van der Waals surface area contributed by atoms with Crippen LogP contribution in [-0.2, 0) is 0 Å². The number of aliphatic hydroxyl groups excluding tert-OH is 1. The van der Waals surface area contributed by atoms with Gasteiger partial charge in [0.25, 0.3) is 0 Å². The lowest BCUT2D eigenvalue weighted by Gasteiger charge is -2.44. The molecule has 6 atom stereocenters. The van der Waals surface area contributed by atoms with Crippen molar-refractivity contribution in [2.24, 2.45) is 40.9 Å².